The molecular formula is C32H36N6O3S2. The van der Waals surface area contributed by atoms with Crippen molar-refractivity contribution in [2.75, 3.05) is 44.7 Å². The van der Waals surface area contributed by atoms with E-state index >= 15 is 0 Å². The van der Waals surface area contributed by atoms with Crippen LogP contribution in [0.5, 0.6) is 5.75 Å². The Bertz CT molecular complexity index is 1660. The highest BCUT2D eigenvalue weighted by Gasteiger charge is 2.18. The number of nitrogens with one attached hydrogen (secondary N) is 2. The molecule has 0 saturated carbocycles. The average Bonchev–Trinajstić information content (AvgIpc) is 3.46. The molecule has 0 radical (unpaired) electrons. The first-order valence-corrected chi connectivity index (χ1v) is 16.4. The van der Waals surface area contributed by atoms with Gasteiger partial charge in [-0.2, -0.15) is 4.98 Å². The van der Waals surface area contributed by atoms with Crippen LogP contribution in [0, 0.1) is 17.8 Å². The zero-order valence-electron chi connectivity index (χ0n) is 24.5. The van der Waals surface area contributed by atoms with Crippen LogP contribution in [0.1, 0.15) is 37.1 Å². The zero-order valence-corrected chi connectivity index (χ0v) is 26.1. The monoisotopic (exact) mass is 616 g/mol. The van der Waals surface area contributed by atoms with E-state index in [9.17, 15) is 4.79 Å². The van der Waals surface area contributed by atoms with Crippen molar-refractivity contribution in [2.45, 2.75) is 44.2 Å². The summed E-state index contributed by atoms with van der Waals surface area (Å²) in [4.78, 5) is 25.5. The molecule has 4 aromatic rings. The Hall–Kier alpha value is -3.40. The first kappa shape index (κ1) is 29.7. The van der Waals surface area contributed by atoms with Crippen LogP contribution in [0.4, 0.5) is 11.6 Å². The minimum absolute atomic E-state index is 0.149. The molecule has 1 aromatic carbocycles. The maximum atomic E-state index is 13.8. The molecule has 6 rings (SSSR count). The van der Waals surface area contributed by atoms with E-state index in [1.807, 2.05) is 38.1 Å². The Balaban J connectivity index is 1.28. The quantitative estimate of drug-likeness (QED) is 0.207. The van der Waals surface area contributed by atoms with Gasteiger partial charge in [-0.25, -0.2) is 9.29 Å². The van der Waals surface area contributed by atoms with Gasteiger partial charge in [0.15, 0.2) is 0 Å². The van der Waals surface area contributed by atoms with Crippen molar-refractivity contribution in [3.05, 3.63) is 68.8 Å². The Morgan fingerprint density at radius 1 is 1.23 bits per heavy atom. The van der Waals surface area contributed by atoms with Gasteiger partial charge in [0, 0.05) is 52.6 Å². The van der Waals surface area contributed by atoms with Gasteiger partial charge in [-0.1, -0.05) is 25.7 Å². The molecule has 0 aliphatic carbocycles. The fourth-order valence-electron chi connectivity index (χ4n) is 4.98. The Morgan fingerprint density at radius 3 is 2.84 bits per heavy atom. The van der Waals surface area contributed by atoms with Gasteiger partial charge in [0.1, 0.15) is 17.5 Å². The molecule has 224 valence electrons. The van der Waals surface area contributed by atoms with Crippen molar-refractivity contribution in [1.82, 2.24) is 24.2 Å². The molecule has 2 aliphatic rings. The highest BCUT2D eigenvalue weighted by Crippen LogP contribution is 2.32. The fourth-order valence-corrected chi connectivity index (χ4v) is 6.99. The first-order valence-electron chi connectivity index (χ1n) is 14.8. The summed E-state index contributed by atoms with van der Waals surface area (Å²) in [5, 5.41) is 9.52. The van der Waals surface area contributed by atoms with E-state index in [1.165, 1.54) is 0 Å². The van der Waals surface area contributed by atoms with Gasteiger partial charge in [0.2, 0.25) is 5.95 Å². The lowest BCUT2D eigenvalue weighted by atomic mass is 10.1. The summed E-state index contributed by atoms with van der Waals surface area (Å²) in [6.45, 7) is 9.55. The molecule has 0 spiro atoms. The molecule has 43 heavy (non-hydrogen) atoms. The number of piperidine rings is 1. The number of thiophene rings is 1. The highest BCUT2D eigenvalue weighted by atomic mass is 32.2. The fraction of sp³-hybridized carbons (Fsp3) is 0.406. The molecule has 1 unspecified atom stereocenters. The predicted octanol–water partition coefficient (Wildman–Crippen LogP) is 5.12. The molecule has 5 heterocycles. The van der Waals surface area contributed by atoms with Crippen LogP contribution in [0.15, 0.2) is 57.7 Å². The summed E-state index contributed by atoms with van der Waals surface area (Å²) >= 11 is 3.37. The van der Waals surface area contributed by atoms with E-state index in [1.54, 1.807) is 40.1 Å². The maximum absolute atomic E-state index is 13.8. The molecule has 2 fully saturated rings. The van der Waals surface area contributed by atoms with Gasteiger partial charge < -0.3 is 20.1 Å². The molecule has 0 bridgehead atoms. The number of anilines is 2. The molecule has 1 atom stereocenters. The topological polar surface area (TPSA) is 93.5 Å². The standard InChI is InChI=1S/C32H36N6O3S2/c1-22(2)5-6-23-18-24-19-34-32(35-25-7-9-26(10-8-25)41-27-4-3-12-33-20-27)36-30(24)38(31(23)39)21-29-28(11-17-42-29)43-37-13-15-40-16-14-37/h7-11,17-19,22,27,33H,3-4,12-16,20-21H2,1-2H3,(H,34,35,36). The Labute approximate surface area is 260 Å². The van der Waals surface area contributed by atoms with Crippen LogP contribution in [0.2, 0.25) is 0 Å². The van der Waals surface area contributed by atoms with E-state index in [4.69, 9.17) is 14.5 Å². The Kier molecular flexibility index (Phi) is 9.61. The zero-order chi connectivity index (χ0) is 29.6. The molecule has 2 N–H and O–H groups in total. The smallest absolute Gasteiger partial charge is 0.268 e. The van der Waals surface area contributed by atoms with Crippen LogP contribution in [-0.2, 0) is 11.3 Å². The average molecular weight is 617 g/mol. The van der Waals surface area contributed by atoms with Crippen LogP contribution in [0.25, 0.3) is 11.0 Å². The third-order valence-electron chi connectivity index (χ3n) is 7.19. The van der Waals surface area contributed by atoms with E-state index in [-0.39, 0.29) is 17.6 Å². The van der Waals surface area contributed by atoms with Crippen molar-refractivity contribution in [3.8, 4) is 17.6 Å². The molecule has 0 amide bonds. The van der Waals surface area contributed by atoms with Crippen molar-refractivity contribution < 1.29 is 9.47 Å². The van der Waals surface area contributed by atoms with E-state index in [0.29, 0.717) is 23.7 Å². The number of hydrogen-bond acceptors (Lipinski definition) is 10. The molecule has 11 heteroatoms. The number of fused-ring (bicyclic) bond motifs is 1. The van der Waals surface area contributed by atoms with Gasteiger partial charge in [-0.05, 0) is 73.1 Å². The molecule has 9 nitrogen and oxygen atoms in total. The second kappa shape index (κ2) is 13.9. The third-order valence-corrected chi connectivity index (χ3v) is 9.43. The summed E-state index contributed by atoms with van der Waals surface area (Å²) in [5.41, 5.74) is 1.70. The number of aromatic nitrogens is 3. The summed E-state index contributed by atoms with van der Waals surface area (Å²) in [6, 6.07) is 11.7. The molecule has 3 aromatic heterocycles. The normalized spacial score (nSPS) is 17.5. The minimum Gasteiger partial charge on any atom is -0.489 e. The molecule has 2 saturated heterocycles. The van der Waals surface area contributed by atoms with Gasteiger partial charge in [-0.15, -0.1) is 11.3 Å². The van der Waals surface area contributed by atoms with Crippen LogP contribution in [0.3, 0.4) is 0 Å². The number of morpholine rings is 1. The van der Waals surface area contributed by atoms with Gasteiger partial charge in [-0.3, -0.25) is 9.36 Å². The van der Waals surface area contributed by atoms with Crippen LogP contribution >= 0.6 is 23.3 Å². The van der Waals surface area contributed by atoms with Crippen LogP contribution < -0.4 is 20.9 Å². The second-order valence-electron chi connectivity index (χ2n) is 10.9. The van der Waals surface area contributed by atoms with Gasteiger partial charge >= 0.3 is 0 Å². The summed E-state index contributed by atoms with van der Waals surface area (Å²) in [6.07, 6.45) is 4.14. The van der Waals surface area contributed by atoms with Gasteiger partial charge in [0.05, 0.1) is 25.3 Å². The second-order valence-corrected chi connectivity index (χ2v) is 13.1. The van der Waals surface area contributed by atoms with Crippen molar-refractivity contribution in [2.24, 2.45) is 5.92 Å². The minimum atomic E-state index is -0.153. The van der Waals surface area contributed by atoms with Gasteiger partial charge in [0.25, 0.3) is 5.56 Å². The molecular weight excluding hydrogens is 581 g/mol. The molecule has 2 aliphatic heterocycles. The predicted molar refractivity (Wildman–Crippen MR) is 173 cm³/mol. The number of ether oxygens (including phenoxy) is 2. The number of benzene rings is 1. The lowest BCUT2D eigenvalue weighted by molar-refractivity contribution is 0.0773. The summed E-state index contributed by atoms with van der Waals surface area (Å²) in [5.74, 6) is 7.65. The van der Waals surface area contributed by atoms with Crippen molar-refractivity contribution in [1.29, 1.82) is 0 Å². The number of pyridine rings is 1. The summed E-state index contributed by atoms with van der Waals surface area (Å²) in [7, 11) is 0. The van der Waals surface area contributed by atoms with Crippen molar-refractivity contribution >= 4 is 46.0 Å². The number of rotatable bonds is 8. The summed E-state index contributed by atoms with van der Waals surface area (Å²) < 4.78 is 15.7. The largest absolute Gasteiger partial charge is 0.489 e. The first-order chi connectivity index (χ1) is 21.0. The number of nitrogens with zero attached hydrogens (tertiary/aromatic N) is 4. The SMILES string of the molecule is CC(C)C#Cc1cc2cnc(Nc3ccc(OC4CCCNC4)cc3)nc2n(Cc2sccc2SN2CCOCC2)c1=O. The highest BCUT2D eigenvalue weighted by molar-refractivity contribution is 7.97. The Morgan fingerprint density at radius 2 is 2.07 bits per heavy atom. The van der Waals surface area contributed by atoms with E-state index in [2.05, 4.69) is 43.2 Å². The number of hydrogen-bond donors (Lipinski definition) is 2. The lowest BCUT2D eigenvalue weighted by Gasteiger charge is -2.25. The lowest BCUT2D eigenvalue weighted by Crippen LogP contribution is -2.37. The van der Waals surface area contributed by atoms with Crippen molar-refractivity contribution in [3.63, 3.8) is 0 Å². The third kappa shape index (κ3) is 7.58. The van der Waals surface area contributed by atoms with E-state index < -0.39 is 0 Å². The van der Waals surface area contributed by atoms with E-state index in [0.717, 1.165) is 78.8 Å². The van der Waals surface area contributed by atoms with Crippen LogP contribution in [-0.4, -0.2) is 64.3 Å². The maximum Gasteiger partial charge on any atom is 0.268 e.